The second-order valence-electron chi connectivity index (χ2n) is 3.71. The number of rotatable bonds is 3. The van der Waals surface area contributed by atoms with Crippen molar-refractivity contribution in [3.63, 3.8) is 0 Å². The molecule has 2 heterocycles. The van der Waals surface area contributed by atoms with Crippen molar-refractivity contribution in [1.82, 2.24) is 15.2 Å². The van der Waals surface area contributed by atoms with Gasteiger partial charge in [0.2, 0.25) is 0 Å². The van der Waals surface area contributed by atoms with Gasteiger partial charge in [0.05, 0.1) is 0 Å². The van der Waals surface area contributed by atoms with Gasteiger partial charge in [0.15, 0.2) is 11.6 Å². The van der Waals surface area contributed by atoms with Gasteiger partial charge >= 0.3 is 0 Å². The van der Waals surface area contributed by atoms with Crippen LogP contribution in [-0.2, 0) is 6.42 Å². The lowest BCUT2D eigenvalue weighted by Crippen LogP contribution is -2.46. The molecule has 88 valence electrons. The fourth-order valence-electron chi connectivity index (χ4n) is 1.68. The number of nitrogens with two attached hydrogens (primary N) is 1. The maximum Gasteiger partial charge on any atom is 0.275 e. The highest BCUT2D eigenvalue weighted by Crippen LogP contribution is 2.07. The smallest absolute Gasteiger partial charge is 0.275 e. The molecule has 0 aliphatic carbocycles. The van der Waals surface area contributed by atoms with Crippen LogP contribution in [-0.4, -0.2) is 48.5 Å². The molecule has 1 aromatic heterocycles. The monoisotopic (exact) mass is 224 g/mol. The van der Waals surface area contributed by atoms with Gasteiger partial charge < -0.3 is 20.4 Å². The van der Waals surface area contributed by atoms with E-state index in [0.717, 1.165) is 26.2 Å². The molecule has 1 amide bonds. The number of aromatic nitrogens is 1. The Morgan fingerprint density at radius 1 is 1.56 bits per heavy atom. The quantitative estimate of drug-likeness (QED) is 0.703. The fourth-order valence-corrected chi connectivity index (χ4v) is 1.68. The maximum absolute atomic E-state index is 12.0. The van der Waals surface area contributed by atoms with Crippen molar-refractivity contribution < 1.29 is 9.21 Å². The molecule has 1 fully saturated rings. The normalized spacial score (nSPS) is 16.4. The third-order valence-corrected chi connectivity index (χ3v) is 2.53. The first-order valence-electron chi connectivity index (χ1n) is 5.45. The zero-order valence-electron chi connectivity index (χ0n) is 9.11. The molecule has 0 radical (unpaired) electrons. The van der Waals surface area contributed by atoms with Crippen molar-refractivity contribution in [2.24, 2.45) is 5.73 Å². The highest BCUT2D eigenvalue weighted by Gasteiger charge is 2.20. The molecule has 1 aromatic rings. The van der Waals surface area contributed by atoms with Crippen LogP contribution in [0.5, 0.6) is 0 Å². The van der Waals surface area contributed by atoms with Crippen LogP contribution >= 0.6 is 0 Å². The molecule has 0 atom stereocenters. The number of amides is 1. The number of carbonyl (C=O) groups excluding carboxylic acids is 1. The van der Waals surface area contributed by atoms with E-state index in [1.165, 1.54) is 6.26 Å². The number of hydrogen-bond donors (Lipinski definition) is 2. The Hall–Kier alpha value is -1.40. The van der Waals surface area contributed by atoms with Gasteiger partial charge in [-0.05, 0) is 0 Å². The molecule has 0 bridgehead atoms. The Kier molecular flexibility index (Phi) is 3.53. The van der Waals surface area contributed by atoms with Gasteiger partial charge in [0.25, 0.3) is 5.91 Å². The third-order valence-electron chi connectivity index (χ3n) is 2.53. The Bertz CT molecular complexity index is 357. The first-order valence-corrected chi connectivity index (χ1v) is 5.45. The molecule has 0 unspecified atom stereocenters. The summed E-state index contributed by atoms with van der Waals surface area (Å²) in [7, 11) is 0. The minimum absolute atomic E-state index is 0.0616. The first kappa shape index (κ1) is 11.1. The fraction of sp³-hybridized carbons (Fsp3) is 0.600. The molecule has 16 heavy (non-hydrogen) atoms. The summed E-state index contributed by atoms with van der Waals surface area (Å²) in [6.45, 7) is 3.58. The van der Waals surface area contributed by atoms with E-state index in [0.29, 0.717) is 24.6 Å². The second-order valence-corrected chi connectivity index (χ2v) is 3.71. The predicted octanol–water partition coefficient (Wildman–Crippen LogP) is -0.779. The Morgan fingerprint density at radius 2 is 2.31 bits per heavy atom. The largest absolute Gasteiger partial charge is 0.448 e. The van der Waals surface area contributed by atoms with Crippen LogP contribution in [0.3, 0.4) is 0 Å². The standard InChI is InChI=1S/C10H16N4O2/c11-2-1-9-13-8(7-16-9)10(15)14-5-3-12-4-6-14/h7,12H,1-6,11H2. The molecule has 6 heteroatoms. The molecule has 1 aliphatic rings. The second kappa shape index (κ2) is 5.09. The summed E-state index contributed by atoms with van der Waals surface area (Å²) in [6.07, 6.45) is 1.98. The lowest BCUT2D eigenvalue weighted by Gasteiger charge is -2.26. The van der Waals surface area contributed by atoms with Crippen LogP contribution in [0.1, 0.15) is 16.4 Å². The molecule has 1 saturated heterocycles. The zero-order chi connectivity index (χ0) is 11.4. The van der Waals surface area contributed by atoms with Gasteiger partial charge in [-0.1, -0.05) is 0 Å². The third kappa shape index (κ3) is 2.40. The highest BCUT2D eigenvalue weighted by atomic mass is 16.3. The molecule has 0 saturated carbocycles. The minimum Gasteiger partial charge on any atom is -0.448 e. The molecule has 0 spiro atoms. The van der Waals surface area contributed by atoms with Crippen molar-refractivity contribution in [1.29, 1.82) is 0 Å². The van der Waals surface area contributed by atoms with E-state index in [2.05, 4.69) is 10.3 Å². The summed E-state index contributed by atoms with van der Waals surface area (Å²) in [5.41, 5.74) is 5.77. The SMILES string of the molecule is NCCc1nc(C(=O)N2CCNCC2)co1. The van der Waals surface area contributed by atoms with Crippen molar-refractivity contribution in [2.75, 3.05) is 32.7 Å². The molecule has 3 N–H and O–H groups in total. The molecule has 0 aromatic carbocycles. The highest BCUT2D eigenvalue weighted by molar-refractivity contribution is 5.92. The summed E-state index contributed by atoms with van der Waals surface area (Å²) < 4.78 is 5.16. The number of nitrogens with one attached hydrogen (secondary N) is 1. The van der Waals surface area contributed by atoms with Gasteiger partial charge in [-0.25, -0.2) is 4.98 Å². The van der Waals surface area contributed by atoms with Crippen molar-refractivity contribution in [3.8, 4) is 0 Å². The summed E-state index contributed by atoms with van der Waals surface area (Å²) in [4.78, 5) is 17.9. The summed E-state index contributed by atoms with van der Waals surface area (Å²) >= 11 is 0. The van der Waals surface area contributed by atoms with Crippen molar-refractivity contribution >= 4 is 5.91 Å². The molecular weight excluding hydrogens is 208 g/mol. The number of oxazole rings is 1. The number of nitrogens with zero attached hydrogens (tertiary/aromatic N) is 2. The molecule has 6 nitrogen and oxygen atoms in total. The maximum atomic E-state index is 12.0. The van der Waals surface area contributed by atoms with E-state index in [4.69, 9.17) is 10.2 Å². The van der Waals surface area contributed by atoms with Crippen molar-refractivity contribution in [3.05, 3.63) is 17.8 Å². The lowest BCUT2D eigenvalue weighted by molar-refractivity contribution is 0.0730. The van der Waals surface area contributed by atoms with E-state index in [1.54, 1.807) is 4.90 Å². The summed E-state index contributed by atoms with van der Waals surface area (Å²) in [5.74, 6) is 0.467. The topological polar surface area (TPSA) is 84.4 Å². The van der Waals surface area contributed by atoms with Gasteiger partial charge in [-0.3, -0.25) is 4.79 Å². The number of hydrogen-bond acceptors (Lipinski definition) is 5. The molecular formula is C10H16N4O2. The Balaban J connectivity index is 2.01. The first-order chi connectivity index (χ1) is 7.81. The minimum atomic E-state index is -0.0616. The van der Waals surface area contributed by atoms with E-state index in [1.807, 2.05) is 0 Å². The van der Waals surface area contributed by atoms with Gasteiger partial charge in [0.1, 0.15) is 6.26 Å². The van der Waals surface area contributed by atoms with E-state index in [9.17, 15) is 4.79 Å². The lowest BCUT2D eigenvalue weighted by atomic mass is 10.3. The van der Waals surface area contributed by atoms with Crippen molar-refractivity contribution in [2.45, 2.75) is 6.42 Å². The number of piperazine rings is 1. The van der Waals surface area contributed by atoms with E-state index in [-0.39, 0.29) is 5.91 Å². The van der Waals surface area contributed by atoms with Crippen LogP contribution in [0, 0.1) is 0 Å². The summed E-state index contributed by atoms with van der Waals surface area (Å²) in [6, 6.07) is 0. The summed E-state index contributed by atoms with van der Waals surface area (Å²) in [5, 5.41) is 3.19. The van der Waals surface area contributed by atoms with Gasteiger partial charge in [-0.15, -0.1) is 0 Å². The van der Waals surface area contributed by atoms with Crippen LogP contribution < -0.4 is 11.1 Å². The van der Waals surface area contributed by atoms with Gasteiger partial charge in [-0.2, -0.15) is 0 Å². The van der Waals surface area contributed by atoms with Crippen LogP contribution in [0.25, 0.3) is 0 Å². The Labute approximate surface area is 93.8 Å². The average Bonchev–Trinajstić information content (AvgIpc) is 2.78. The Morgan fingerprint density at radius 3 is 3.00 bits per heavy atom. The van der Waals surface area contributed by atoms with Crippen LogP contribution in [0.4, 0.5) is 0 Å². The molecule has 1 aliphatic heterocycles. The van der Waals surface area contributed by atoms with E-state index < -0.39 is 0 Å². The predicted molar refractivity (Wildman–Crippen MR) is 58.0 cm³/mol. The van der Waals surface area contributed by atoms with Crippen LogP contribution in [0.15, 0.2) is 10.7 Å². The van der Waals surface area contributed by atoms with E-state index >= 15 is 0 Å². The molecule has 2 rings (SSSR count). The van der Waals surface area contributed by atoms with Crippen LogP contribution in [0.2, 0.25) is 0 Å². The zero-order valence-corrected chi connectivity index (χ0v) is 9.11. The number of carbonyl (C=O) groups is 1. The average molecular weight is 224 g/mol. The van der Waals surface area contributed by atoms with Gasteiger partial charge in [0, 0.05) is 39.1 Å².